The standard InChI is InChI=1S/C12H16O2/c1-9(13)6-11-4-3-5-12(8-11)7-10(2)14/h3-5,8-9,13H,6-7H2,1-2H3. The van der Waals surface area contributed by atoms with Crippen LogP contribution in [0.5, 0.6) is 0 Å². The van der Waals surface area contributed by atoms with Crippen molar-refractivity contribution in [3.05, 3.63) is 35.4 Å². The van der Waals surface area contributed by atoms with Gasteiger partial charge in [0.25, 0.3) is 0 Å². The molecule has 76 valence electrons. The fraction of sp³-hybridized carbons (Fsp3) is 0.417. The van der Waals surface area contributed by atoms with Crippen LogP contribution >= 0.6 is 0 Å². The van der Waals surface area contributed by atoms with Crippen molar-refractivity contribution in [1.82, 2.24) is 0 Å². The van der Waals surface area contributed by atoms with Gasteiger partial charge in [-0.1, -0.05) is 24.3 Å². The molecular weight excluding hydrogens is 176 g/mol. The summed E-state index contributed by atoms with van der Waals surface area (Å²) in [6.45, 7) is 3.35. The van der Waals surface area contributed by atoms with Gasteiger partial charge in [0.05, 0.1) is 6.10 Å². The van der Waals surface area contributed by atoms with Gasteiger partial charge in [0, 0.05) is 6.42 Å². The Morgan fingerprint density at radius 3 is 2.64 bits per heavy atom. The SMILES string of the molecule is CC(=O)Cc1cccc(CC(C)O)c1. The number of ketones is 1. The molecule has 1 N–H and O–H groups in total. The maximum Gasteiger partial charge on any atom is 0.134 e. The third kappa shape index (κ3) is 3.71. The van der Waals surface area contributed by atoms with Crippen LogP contribution in [0.3, 0.4) is 0 Å². The lowest BCUT2D eigenvalue weighted by molar-refractivity contribution is -0.116. The number of benzene rings is 1. The molecule has 1 aromatic carbocycles. The highest BCUT2D eigenvalue weighted by Crippen LogP contribution is 2.08. The topological polar surface area (TPSA) is 37.3 Å². The van der Waals surface area contributed by atoms with Crippen LogP contribution in [0.25, 0.3) is 0 Å². The summed E-state index contributed by atoms with van der Waals surface area (Å²) in [5, 5.41) is 9.21. The van der Waals surface area contributed by atoms with Crippen LogP contribution in [0.1, 0.15) is 25.0 Å². The van der Waals surface area contributed by atoms with E-state index in [1.807, 2.05) is 24.3 Å². The Bertz CT molecular complexity index is 316. The molecule has 0 amide bonds. The molecule has 0 fully saturated rings. The first kappa shape index (κ1) is 10.9. The van der Waals surface area contributed by atoms with Crippen LogP contribution in [-0.4, -0.2) is 17.0 Å². The number of Topliss-reactive ketones (excluding diaryl/α,β-unsaturated/α-hetero) is 1. The summed E-state index contributed by atoms with van der Waals surface area (Å²) in [6, 6.07) is 7.81. The Labute approximate surface area is 84.6 Å². The maximum atomic E-state index is 10.9. The monoisotopic (exact) mass is 192 g/mol. The lowest BCUT2D eigenvalue weighted by Crippen LogP contribution is -2.05. The minimum atomic E-state index is -0.331. The molecule has 0 bridgehead atoms. The van der Waals surface area contributed by atoms with E-state index in [9.17, 15) is 9.90 Å². The second kappa shape index (κ2) is 4.91. The van der Waals surface area contributed by atoms with E-state index in [0.29, 0.717) is 12.8 Å². The van der Waals surface area contributed by atoms with Crippen molar-refractivity contribution in [3.63, 3.8) is 0 Å². The van der Waals surface area contributed by atoms with Crippen molar-refractivity contribution < 1.29 is 9.90 Å². The van der Waals surface area contributed by atoms with Crippen LogP contribution < -0.4 is 0 Å². The average Bonchev–Trinajstić information content (AvgIpc) is 2.01. The molecule has 0 saturated heterocycles. The summed E-state index contributed by atoms with van der Waals surface area (Å²) in [5.41, 5.74) is 2.11. The number of rotatable bonds is 4. The number of carbonyl (C=O) groups excluding carboxylic acids is 1. The van der Waals surface area contributed by atoms with Gasteiger partial charge in [-0.25, -0.2) is 0 Å². The quantitative estimate of drug-likeness (QED) is 0.789. The average molecular weight is 192 g/mol. The molecule has 14 heavy (non-hydrogen) atoms. The third-order valence-electron chi connectivity index (χ3n) is 1.98. The molecule has 0 aliphatic rings. The molecule has 0 heterocycles. The van der Waals surface area contributed by atoms with Crippen molar-refractivity contribution in [2.45, 2.75) is 32.8 Å². The summed E-state index contributed by atoms with van der Waals surface area (Å²) >= 11 is 0. The van der Waals surface area contributed by atoms with E-state index in [4.69, 9.17) is 0 Å². The fourth-order valence-electron chi connectivity index (χ4n) is 1.50. The molecular formula is C12H16O2. The summed E-state index contributed by atoms with van der Waals surface area (Å²) in [4.78, 5) is 10.9. The van der Waals surface area contributed by atoms with Crippen LogP contribution in [0, 0.1) is 0 Å². The van der Waals surface area contributed by atoms with Gasteiger partial charge in [0.2, 0.25) is 0 Å². The van der Waals surface area contributed by atoms with Gasteiger partial charge < -0.3 is 5.11 Å². The second-order valence-corrected chi connectivity index (χ2v) is 3.75. The Hall–Kier alpha value is -1.15. The van der Waals surface area contributed by atoms with E-state index in [-0.39, 0.29) is 11.9 Å². The number of aliphatic hydroxyl groups excluding tert-OH is 1. The van der Waals surface area contributed by atoms with Gasteiger partial charge >= 0.3 is 0 Å². The van der Waals surface area contributed by atoms with Gasteiger partial charge in [-0.05, 0) is 31.4 Å². The summed E-state index contributed by atoms with van der Waals surface area (Å²) in [5.74, 6) is 0.166. The van der Waals surface area contributed by atoms with Gasteiger partial charge in [0.1, 0.15) is 5.78 Å². The molecule has 2 nitrogen and oxygen atoms in total. The first-order valence-corrected chi connectivity index (χ1v) is 4.83. The first-order chi connectivity index (χ1) is 6.58. The zero-order chi connectivity index (χ0) is 10.6. The van der Waals surface area contributed by atoms with Gasteiger partial charge in [-0.15, -0.1) is 0 Å². The van der Waals surface area contributed by atoms with Gasteiger partial charge in [-0.2, -0.15) is 0 Å². The second-order valence-electron chi connectivity index (χ2n) is 3.75. The van der Waals surface area contributed by atoms with E-state index < -0.39 is 0 Å². The predicted octanol–water partition coefficient (Wildman–Crippen LogP) is 1.74. The van der Waals surface area contributed by atoms with E-state index in [2.05, 4.69) is 0 Å². The molecule has 1 atom stereocenters. The Kier molecular flexibility index (Phi) is 3.84. The maximum absolute atomic E-state index is 10.9. The molecule has 1 unspecified atom stereocenters. The molecule has 2 heteroatoms. The fourth-order valence-corrected chi connectivity index (χ4v) is 1.50. The van der Waals surface area contributed by atoms with E-state index in [1.165, 1.54) is 0 Å². The highest BCUT2D eigenvalue weighted by atomic mass is 16.3. The lowest BCUT2D eigenvalue weighted by Gasteiger charge is -2.05. The molecule has 0 aromatic heterocycles. The van der Waals surface area contributed by atoms with Gasteiger partial charge in [0.15, 0.2) is 0 Å². The minimum Gasteiger partial charge on any atom is -0.393 e. The minimum absolute atomic E-state index is 0.166. The highest BCUT2D eigenvalue weighted by Gasteiger charge is 2.01. The predicted molar refractivity (Wildman–Crippen MR) is 56.2 cm³/mol. The van der Waals surface area contributed by atoms with Crippen molar-refractivity contribution in [2.75, 3.05) is 0 Å². The number of hydrogen-bond acceptors (Lipinski definition) is 2. The highest BCUT2D eigenvalue weighted by molar-refractivity contribution is 5.78. The van der Waals surface area contributed by atoms with E-state index in [1.54, 1.807) is 13.8 Å². The first-order valence-electron chi connectivity index (χ1n) is 4.83. The molecule has 0 saturated carbocycles. The normalized spacial score (nSPS) is 12.5. The number of hydrogen-bond donors (Lipinski definition) is 1. The Morgan fingerprint density at radius 1 is 1.43 bits per heavy atom. The van der Waals surface area contributed by atoms with Crippen LogP contribution in [-0.2, 0) is 17.6 Å². The smallest absolute Gasteiger partial charge is 0.134 e. The molecule has 0 aliphatic carbocycles. The Morgan fingerprint density at radius 2 is 2.07 bits per heavy atom. The zero-order valence-corrected chi connectivity index (χ0v) is 8.66. The Balaban J connectivity index is 2.73. The number of aliphatic hydroxyl groups is 1. The van der Waals surface area contributed by atoms with E-state index in [0.717, 1.165) is 11.1 Å². The molecule has 0 radical (unpaired) electrons. The zero-order valence-electron chi connectivity index (χ0n) is 8.66. The summed E-state index contributed by atoms with van der Waals surface area (Å²) in [6.07, 6.45) is 0.793. The van der Waals surface area contributed by atoms with Crippen LogP contribution in [0.4, 0.5) is 0 Å². The van der Waals surface area contributed by atoms with Gasteiger partial charge in [-0.3, -0.25) is 4.79 Å². The lowest BCUT2D eigenvalue weighted by atomic mass is 10.0. The largest absolute Gasteiger partial charge is 0.393 e. The van der Waals surface area contributed by atoms with Crippen LogP contribution in [0.15, 0.2) is 24.3 Å². The molecule has 1 rings (SSSR count). The molecule has 0 aliphatic heterocycles. The van der Waals surface area contributed by atoms with Crippen molar-refractivity contribution >= 4 is 5.78 Å². The van der Waals surface area contributed by atoms with Crippen molar-refractivity contribution in [1.29, 1.82) is 0 Å². The summed E-state index contributed by atoms with van der Waals surface area (Å²) < 4.78 is 0. The summed E-state index contributed by atoms with van der Waals surface area (Å²) in [7, 11) is 0. The molecule has 0 spiro atoms. The third-order valence-corrected chi connectivity index (χ3v) is 1.98. The van der Waals surface area contributed by atoms with E-state index >= 15 is 0 Å². The van der Waals surface area contributed by atoms with Crippen molar-refractivity contribution in [3.8, 4) is 0 Å². The molecule has 1 aromatic rings. The number of carbonyl (C=O) groups is 1. The van der Waals surface area contributed by atoms with Crippen molar-refractivity contribution in [2.24, 2.45) is 0 Å². The van der Waals surface area contributed by atoms with Crippen LogP contribution in [0.2, 0.25) is 0 Å².